The molecule has 4 N–H and O–H groups in total. The molecule has 114 valence electrons. The van der Waals surface area contributed by atoms with Crippen LogP contribution < -0.4 is 11.1 Å². The Bertz CT molecular complexity index is 378. The molecule has 0 unspecified atom stereocenters. The predicted octanol–water partition coefficient (Wildman–Crippen LogP) is 0.538. The van der Waals surface area contributed by atoms with E-state index in [0.29, 0.717) is 6.54 Å². The smallest absolute Gasteiger partial charge is 0.317 e. The number of nitrogens with one attached hydrogen (secondary N) is 1. The zero-order valence-electron chi connectivity index (χ0n) is 11.9. The van der Waals surface area contributed by atoms with E-state index in [0.717, 1.165) is 32.1 Å². The van der Waals surface area contributed by atoms with Crippen LogP contribution in [0, 0.1) is 5.41 Å². The molecule has 0 aromatic heterocycles. The van der Waals surface area contributed by atoms with E-state index in [1.54, 1.807) is 0 Å². The number of nitrogens with zero attached hydrogens (tertiary/aromatic N) is 1. The zero-order valence-corrected chi connectivity index (χ0v) is 11.9. The molecule has 7 heteroatoms. The van der Waals surface area contributed by atoms with Crippen LogP contribution in [-0.2, 0) is 9.59 Å². The molecule has 0 bridgehead atoms. The first-order chi connectivity index (χ1) is 9.34. The molecule has 1 saturated carbocycles. The van der Waals surface area contributed by atoms with Gasteiger partial charge in [0.25, 0.3) is 0 Å². The van der Waals surface area contributed by atoms with Crippen LogP contribution in [0.25, 0.3) is 0 Å². The number of carbonyl (C=O) groups excluding carboxylic acids is 2. The minimum atomic E-state index is -0.841. The molecule has 0 aromatic rings. The van der Waals surface area contributed by atoms with Crippen LogP contribution >= 0.6 is 0 Å². The minimum absolute atomic E-state index is 0.0623. The third-order valence-electron chi connectivity index (χ3n) is 3.79. The number of hydrogen-bond acceptors (Lipinski definition) is 3. The molecule has 0 aliphatic heterocycles. The van der Waals surface area contributed by atoms with Crippen LogP contribution in [0.1, 0.15) is 38.5 Å². The minimum Gasteiger partial charge on any atom is -0.481 e. The maximum absolute atomic E-state index is 11.8. The fraction of sp³-hybridized carbons (Fsp3) is 0.769. The van der Waals surface area contributed by atoms with Gasteiger partial charge in [0.15, 0.2) is 0 Å². The number of hydrogen-bond donors (Lipinski definition) is 3. The van der Waals surface area contributed by atoms with Gasteiger partial charge in [-0.25, -0.2) is 4.79 Å². The molecule has 0 saturated heterocycles. The van der Waals surface area contributed by atoms with Gasteiger partial charge in [-0.3, -0.25) is 9.59 Å². The van der Waals surface area contributed by atoms with Crippen LogP contribution in [-0.4, -0.2) is 48.1 Å². The normalized spacial score (nSPS) is 17.2. The number of rotatable bonds is 6. The number of primary amides is 1. The largest absolute Gasteiger partial charge is 0.481 e. The average molecular weight is 285 g/mol. The van der Waals surface area contributed by atoms with Crippen LogP contribution in [0.4, 0.5) is 4.79 Å². The number of carbonyl (C=O) groups is 3. The van der Waals surface area contributed by atoms with Gasteiger partial charge in [0, 0.05) is 13.6 Å². The molecule has 20 heavy (non-hydrogen) atoms. The highest BCUT2D eigenvalue weighted by atomic mass is 16.4. The molecule has 1 aliphatic rings. The molecule has 0 atom stereocenters. The molecule has 0 aromatic carbocycles. The van der Waals surface area contributed by atoms with Crippen molar-refractivity contribution in [2.24, 2.45) is 11.1 Å². The summed E-state index contributed by atoms with van der Waals surface area (Å²) in [4.78, 5) is 34.8. The Balaban J connectivity index is 2.55. The van der Waals surface area contributed by atoms with E-state index in [-0.39, 0.29) is 18.4 Å². The first-order valence-corrected chi connectivity index (χ1v) is 6.84. The topological polar surface area (TPSA) is 113 Å². The van der Waals surface area contributed by atoms with Gasteiger partial charge in [-0.15, -0.1) is 0 Å². The molecule has 0 spiro atoms. The molecule has 1 aliphatic carbocycles. The number of likely N-dealkylation sites (N-methyl/N-ethyl adjacent to an activating group) is 1. The lowest BCUT2D eigenvalue weighted by Gasteiger charge is -2.36. The van der Waals surface area contributed by atoms with Gasteiger partial charge in [-0.05, 0) is 18.3 Å². The van der Waals surface area contributed by atoms with Crippen molar-refractivity contribution < 1.29 is 19.5 Å². The lowest BCUT2D eigenvalue weighted by molar-refractivity contribution is -0.140. The number of nitrogens with two attached hydrogens (primary N) is 1. The lowest BCUT2D eigenvalue weighted by Crippen LogP contribution is -2.46. The average Bonchev–Trinajstić information content (AvgIpc) is 2.35. The third-order valence-corrected chi connectivity index (χ3v) is 3.79. The van der Waals surface area contributed by atoms with Gasteiger partial charge >= 0.3 is 12.0 Å². The van der Waals surface area contributed by atoms with E-state index in [4.69, 9.17) is 10.8 Å². The quantitative estimate of drug-likeness (QED) is 0.661. The molecule has 3 amide bonds. The molecular formula is C13H23N3O4. The van der Waals surface area contributed by atoms with Crippen LogP contribution in [0.15, 0.2) is 0 Å². The lowest BCUT2D eigenvalue weighted by atomic mass is 9.72. The van der Waals surface area contributed by atoms with Crippen molar-refractivity contribution >= 4 is 17.9 Å². The van der Waals surface area contributed by atoms with Crippen molar-refractivity contribution in [3.05, 3.63) is 0 Å². The van der Waals surface area contributed by atoms with Crippen LogP contribution in [0.3, 0.4) is 0 Å². The van der Waals surface area contributed by atoms with Crippen molar-refractivity contribution in [3.8, 4) is 0 Å². The van der Waals surface area contributed by atoms with Gasteiger partial charge in [0.05, 0.1) is 6.42 Å². The molecule has 1 fully saturated rings. The summed E-state index contributed by atoms with van der Waals surface area (Å²) in [5.41, 5.74) is 4.66. The van der Waals surface area contributed by atoms with Gasteiger partial charge in [0.1, 0.15) is 6.54 Å². The second kappa shape index (κ2) is 7.12. The summed E-state index contributed by atoms with van der Waals surface area (Å²) in [6, 6.07) is -0.404. The summed E-state index contributed by atoms with van der Waals surface area (Å²) >= 11 is 0. The van der Waals surface area contributed by atoms with Crippen molar-refractivity contribution in [3.63, 3.8) is 0 Å². The predicted molar refractivity (Wildman–Crippen MR) is 73.0 cm³/mol. The number of urea groups is 1. The summed E-state index contributed by atoms with van der Waals surface area (Å²) in [5.74, 6) is -1.42. The van der Waals surface area contributed by atoms with Gasteiger partial charge in [-0.2, -0.15) is 0 Å². The third kappa shape index (κ3) is 5.07. The Kier molecular flexibility index (Phi) is 5.79. The standard InChI is InChI=1S/C13H23N3O4/c1-16(8-10(14)17)12(20)15-9-13(7-11(18)19)5-3-2-4-6-13/h2-9H2,1H3,(H2,14,17)(H,15,20)(H,18,19). The Morgan fingerprint density at radius 1 is 1.25 bits per heavy atom. The molecule has 7 nitrogen and oxygen atoms in total. The number of carboxylic acids is 1. The Morgan fingerprint density at radius 3 is 2.35 bits per heavy atom. The number of carboxylic acid groups (broad SMARTS) is 1. The SMILES string of the molecule is CN(CC(N)=O)C(=O)NCC1(CC(=O)O)CCCCC1. The highest BCUT2D eigenvalue weighted by molar-refractivity contribution is 5.82. The van der Waals surface area contributed by atoms with E-state index in [1.165, 1.54) is 11.9 Å². The maximum Gasteiger partial charge on any atom is 0.317 e. The van der Waals surface area contributed by atoms with Gasteiger partial charge in [0.2, 0.25) is 5.91 Å². The summed E-state index contributed by atoms with van der Waals surface area (Å²) in [5, 5.41) is 11.8. The van der Waals surface area contributed by atoms with E-state index in [2.05, 4.69) is 5.32 Å². The first-order valence-electron chi connectivity index (χ1n) is 6.84. The molecular weight excluding hydrogens is 262 g/mol. The number of aliphatic carboxylic acids is 1. The first kappa shape index (κ1) is 16.3. The van der Waals surface area contributed by atoms with Crippen molar-refractivity contribution in [2.75, 3.05) is 20.1 Å². The van der Waals surface area contributed by atoms with E-state index in [9.17, 15) is 14.4 Å². The number of amides is 3. The van der Waals surface area contributed by atoms with E-state index >= 15 is 0 Å². The van der Waals surface area contributed by atoms with Crippen molar-refractivity contribution in [1.29, 1.82) is 0 Å². The van der Waals surface area contributed by atoms with Crippen LogP contribution in [0.2, 0.25) is 0 Å². The van der Waals surface area contributed by atoms with Gasteiger partial charge < -0.3 is 21.1 Å². The highest BCUT2D eigenvalue weighted by Gasteiger charge is 2.35. The molecule has 0 heterocycles. The van der Waals surface area contributed by atoms with Crippen molar-refractivity contribution in [1.82, 2.24) is 10.2 Å². The second-order valence-electron chi connectivity index (χ2n) is 5.61. The zero-order chi connectivity index (χ0) is 15.2. The monoisotopic (exact) mass is 285 g/mol. The molecule has 0 radical (unpaired) electrons. The highest BCUT2D eigenvalue weighted by Crippen LogP contribution is 2.38. The summed E-state index contributed by atoms with van der Waals surface area (Å²) in [6.45, 7) is 0.166. The van der Waals surface area contributed by atoms with Crippen molar-refractivity contribution in [2.45, 2.75) is 38.5 Å². The summed E-state index contributed by atoms with van der Waals surface area (Å²) in [7, 11) is 1.48. The van der Waals surface area contributed by atoms with E-state index < -0.39 is 17.9 Å². The second-order valence-corrected chi connectivity index (χ2v) is 5.61. The Labute approximate surface area is 118 Å². The fourth-order valence-corrected chi connectivity index (χ4v) is 2.74. The van der Waals surface area contributed by atoms with Gasteiger partial charge in [-0.1, -0.05) is 19.3 Å². The van der Waals surface area contributed by atoms with Crippen LogP contribution in [0.5, 0.6) is 0 Å². The maximum atomic E-state index is 11.8. The fourth-order valence-electron chi connectivity index (χ4n) is 2.74. The summed E-state index contributed by atoms with van der Waals surface area (Å²) < 4.78 is 0. The summed E-state index contributed by atoms with van der Waals surface area (Å²) in [6.07, 6.45) is 4.75. The van der Waals surface area contributed by atoms with E-state index in [1.807, 2.05) is 0 Å². The molecule has 1 rings (SSSR count). The Morgan fingerprint density at radius 2 is 1.85 bits per heavy atom. The Hall–Kier alpha value is -1.79.